The van der Waals surface area contributed by atoms with E-state index < -0.39 is 6.43 Å². The van der Waals surface area contributed by atoms with Gasteiger partial charge in [-0.3, -0.25) is 14.1 Å². The van der Waals surface area contributed by atoms with Crippen molar-refractivity contribution in [1.82, 2.24) is 29.4 Å². The van der Waals surface area contributed by atoms with Crippen LogP contribution in [0.4, 0.5) is 8.78 Å². The van der Waals surface area contributed by atoms with E-state index in [1.165, 1.54) is 11.0 Å². The minimum Gasteiger partial charge on any atom is -0.299 e. The number of hydrogen-bond acceptors (Lipinski definition) is 4. The van der Waals surface area contributed by atoms with Crippen molar-refractivity contribution in [2.24, 2.45) is 0 Å². The molecule has 1 N–H and O–H groups in total. The average Bonchev–Trinajstić information content (AvgIpc) is 3.08. The van der Waals surface area contributed by atoms with Crippen molar-refractivity contribution in [3.63, 3.8) is 0 Å². The Bertz CT molecular complexity index is 655. The summed E-state index contributed by atoms with van der Waals surface area (Å²) in [6.45, 7) is 2.02. The van der Waals surface area contributed by atoms with Crippen LogP contribution in [0.5, 0.6) is 0 Å². The van der Waals surface area contributed by atoms with Gasteiger partial charge >= 0.3 is 5.69 Å². The van der Waals surface area contributed by atoms with Gasteiger partial charge in [-0.15, -0.1) is 0 Å². The second kappa shape index (κ2) is 6.39. The van der Waals surface area contributed by atoms with Crippen LogP contribution in [0.25, 0.3) is 0 Å². The van der Waals surface area contributed by atoms with Gasteiger partial charge in [-0.1, -0.05) is 0 Å². The predicted octanol–water partition coefficient (Wildman–Crippen LogP) is 0.870. The van der Waals surface area contributed by atoms with E-state index in [1.807, 2.05) is 0 Å². The van der Waals surface area contributed by atoms with Crippen LogP contribution in [-0.4, -0.2) is 49.0 Å². The van der Waals surface area contributed by atoms with Gasteiger partial charge < -0.3 is 0 Å². The van der Waals surface area contributed by atoms with Gasteiger partial charge in [0.15, 0.2) is 0 Å². The summed E-state index contributed by atoms with van der Waals surface area (Å²) in [5.74, 6) is 0. The third-order valence-corrected chi connectivity index (χ3v) is 3.95. The first-order valence-electron chi connectivity index (χ1n) is 7.25. The fraction of sp³-hybridized carbons (Fsp3) is 0.615. The maximum absolute atomic E-state index is 12.3. The van der Waals surface area contributed by atoms with Crippen molar-refractivity contribution in [3.05, 3.63) is 34.8 Å². The zero-order valence-corrected chi connectivity index (χ0v) is 12.0. The van der Waals surface area contributed by atoms with Gasteiger partial charge in [0.1, 0.15) is 12.9 Å². The van der Waals surface area contributed by atoms with Gasteiger partial charge in [0.25, 0.3) is 6.43 Å². The fourth-order valence-corrected chi connectivity index (χ4v) is 2.86. The lowest BCUT2D eigenvalue weighted by atomic mass is 10.0. The van der Waals surface area contributed by atoms with Gasteiger partial charge in [-0.2, -0.15) is 10.2 Å². The summed E-state index contributed by atoms with van der Waals surface area (Å²) >= 11 is 0. The largest absolute Gasteiger partial charge is 0.343 e. The second-order valence-electron chi connectivity index (χ2n) is 5.54. The molecule has 0 atom stereocenters. The Balaban J connectivity index is 1.52. The molecule has 0 spiro atoms. The van der Waals surface area contributed by atoms with Crippen LogP contribution in [-0.2, 0) is 13.1 Å². The van der Waals surface area contributed by atoms with E-state index in [2.05, 4.69) is 20.2 Å². The second-order valence-corrected chi connectivity index (χ2v) is 5.54. The van der Waals surface area contributed by atoms with E-state index in [0.29, 0.717) is 6.54 Å². The van der Waals surface area contributed by atoms with E-state index >= 15 is 0 Å². The molecular weight excluding hydrogens is 294 g/mol. The van der Waals surface area contributed by atoms with Gasteiger partial charge in [0.05, 0.1) is 6.20 Å². The van der Waals surface area contributed by atoms with Crippen molar-refractivity contribution in [2.45, 2.75) is 38.4 Å². The molecule has 7 nitrogen and oxygen atoms in total. The Morgan fingerprint density at radius 3 is 2.77 bits per heavy atom. The number of aromatic amines is 1. The number of hydrogen-bond donors (Lipinski definition) is 1. The molecule has 0 bridgehead atoms. The average molecular weight is 312 g/mol. The molecule has 0 saturated carbocycles. The number of alkyl halides is 2. The molecule has 9 heteroatoms. The molecule has 0 aromatic carbocycles. The van der Waals surface area contributed by atoms with Crippen LogP contribution in [0.15, 0.2) is 23.5 Å². The van der Waals surface area contributed by atoms with E-state index in [-0.39, 0.29) is 18.3 Å². The first-order chi connectivity index (χ1) is 10.6. The first kappa shape index (κ1) is 14.9. The Kier molecular flexibility index (Phi) is 4.32. The summed E-state index contributed by atoms with van der Waals surface area (Å²) in [5.41, 5.74) is 0.756. The van der Waals surface area contributed by atoms with E-state index in [9.17, 15) is 13.6 Å². The van der Waals surface area contributed by atoms with Crippen molar-refractivity contribution >= 4 is 0 Å². The number of halogens is 2. The highest BCUT2D eigenvalue weighted by atomic mass is 19.3. The minimum atomic E-state index is -2.39. The number of likely N-dealkylation sites (tertiary alicyclic amines) is 1. The topological polar surface area (TPSA) is 71.7 Å². The van der Waals surface area contributed by atoms with Crippen LogP contribution in [0.1, 0.15) is 24.4 Å². The Morgan fingerprint density at radius 2 is 2.14 bits per heavy atom. The molecule has 1 saturated heterocycles. The van der Waals surface area contributed by atoms with E-state index in [0.717, 1.165) is 31.5 Å². The van der Waals surface area contributed by atoms with Gasteiger partial charge in [0, 0.05) is 37.4 Å². The molecule has 0 unspecified atom stereocenters. The Hall–Kier alpha value is -2.03. The molecule has 2 aromatic rings. The number of rotatable bonds is 5. The molecule has 0 radical (unpaired) electrons. The summed E-state index contributed by atoms with van der Waals surface area (Å²) < 4.78 is 27.5. The minimum absolute atomic E-state index is 0.170. The van der Waals surface area contributed by atoms with Crippen LogP contribution in [0, 0.1) is 0 Å². The van der Waals surface area contributed by atoms with Crippen LogP contribution >= 0.6 is 0 Å². The lowest BCUT2D eigenvalue weighted by Gasteiger charge is -2.31. The quantitative estimate of drug-likeness (QED) is 0.889. The van der Waals surface area contributed by atoms with Crippen molar-refractivity contribution in [2.75, 3.05) is 13.1 Å². The van der Waals surface area contributed by atoms with Gasteiger partial charge in [-0.05, 0) is 12.8 Å². The van der Waals surface area contributed by atoms with Crippen molar-refractivity contribution in [1.29, 1.82) is 0 Å². The number of nitrogens with zero attached hydrogens (tertiary/aromatic N) is 5. The van der Waals surface area contributed by atoms with Gasteiger partial charge in [0.2, 0.25) is 0 Å². The SMILES string of the molecule is O=c1[nH]ncn1C1CCN(Cc2cnn(CC(F)F)c2)CC1. The monoisotopic (exact) mass is 312 g/mol. The molecule has 120 valence electrons. The Labute approximate surface area is 125 Å². The summed E-state index contributed by atoms with van der Waals surface area (Å²) in [4.78, 5) is 13.8. The van der Waals surface area contributed by atoms with Gasteiger partial charge in [-0.25, -0.2) is 18.7 Å². The molecule has 0 aliphatic carbocycles. The summed E-state index contributed by atoms with van der Waals surface area (Å²) in [5, 5.41) is 10.1. The molecular formula is C13H18F2N6O. The van der Waals surface area contributed by atoms with Crippen LogP contribution < -0.4 is 5.69 Å². The normalized spacial score (nSPS) is 17.4. The number of H-pyrrole nitrogens is 1. The van der Waals surface area contributed by atoms with Crippen LogP contribution in [0.3, 0.4) is 0 Å². The van der Waals surface area contributed by atoms with Crippen molar-refractivity contribution in [3.8, 4) is 0 Å². The lowest BCUT2D eigenvalue weighted by molar-refractivity contribution is 0.121. The van der Waals surface area contributed by atoms with E-state index in [4.69, 9.17) is 0 Å². The highest BCUT2D eigenvalue weighted by molar-refractivity contribution is 5.04. The lowest BCUT2D eigenvalue weighted by Crippen LogP contribution is -2.36. The Morgan fingerprint density at radius 1 is 1.36 bits per heavy atom. The molecule has 3 rings (SSSR count). The van der Waals surface area contributed by atoms with Crippen molar-refractivity contribution < 1.29 is 8.78 Å². The molecule has 1 aliphatic heterocycles. The molecule has 0 amide bonds. The maximum Gasteiger partial charge on any atom is 0.343 e. The molecule has 3 heterocycles. The zero-order chi connectivity index (χ0) is 15.5. The summed E-state index contributed by atoms with van der Waals surface area (Å²) in [6, 6.07) is 0.170. The summed E-state index contributed by atoms with van der Waals surface area (Å²) in [6.07, 6.45) is 4.18. The number of aromatic nitrogens is 5. The van der Waals surface area contributed by atoms with E-state index in [1.54, 1.807) is 17.0 Å². The maximum atomic E-state index is 12.3. The zero-order valence-electron chi connectivity index (χ0n) is 12.0. The van der Waals surface area contributed by atoms with Crippen LogP contribution in [0.2, 0.25) is 0 Å². The highest BCUT2D eigenvalue weighted by Gasteiger charge is 2.22. The standard InChI is InChI=1S/C13H18F2N6O/c14-12(15)8-20-7-10(5-17-20)6-19-3-1-11(2-4-19)21-9-16-18-13(21)22/h5,7,9,11-12H,1-4,6,8H2,(H,18,22). The fourth-order valence-electron chi connectivity index (χ4n) is 2.86. The number of piperidine rings is 1. The molecule has 1 aliphatic rings. The molecule has 1 fully saturated rings. The highest BCUT2D eigenvalue weighted by Crippen LogP contribution is 2.21. The predicted molar refractivity (Wildman–Crippen MR) is 74.6 cm³/mol. The molecule has 22 heavy (non-hydrogen) atoms. The third-order valence-electron chi connectivity index (χ3n) is 3.95. The number of nitrogens with one attached hydrogen (secondary N) is 1. The first-order valence-corrected chi connectivity index (χ1v) is 7.25. The summed E-state index contributed by atoms with van der Waals surface area (Å²) in [7, 11) is 0. The molecule has 2 aromatic heterocycles. The smallest absolute Gasteiger partial charge is 0.299 e. The third kappa shape index (κ3) is 3.41.